The van der Waals surface area contributed by atoms with Crippen molar-refractivity contribution in [3.63, 3.8) is 0 Å². The van der Waals surface area contributed by atoms with Crippen molar-refractivity contribution in [3.05, 3.63) is 83.5 Å². The predicted molar refractivity (Wildman–Crippen MR) is 282 cm³/mol. The number of unbranched alkanes of at least 4 members (excludes halogenated alkanes) is 6. The van der Waals surface area contributed by atoms with Gasteiger partial charge in [0.2, 0.25) is 0 Å². The molecule has 3 rings (SSSR count). The summed E-state index contributed by atoms with van der Waals surface area (Å²) in [6.45, 7) is 1.22. The third-order valence-electron chi connectivity index (χ3n) is 12.5. The number of carbonyl (C=O) groups excluding carboxylic acids is 3. The maximum absolute atomic E-state index is 13.7. The second-order valence-corrected chi connectivity index (χ2v) is 22.0. The van der Waals surface area contributed by atoms with Crippen molar-refractivity contribution in [2.24, 2.45) is 11.8 Å². The van der Waals surface area contributed by atoms with E-state index in [0.717, 1.165) is 42.9 Å². The summed E-state index contributed by atoms with van der Waals surface area (Å²) in [6, 6.07) is 1.18. The highest BCUT2D eigenvalue weighted by molar-refractivity contribution is 7.61. The number of rotatable bonds is 22. The first kappa shape index (κ1) is 66.3. The van der Waals surface area contributed by atoms with Crippen LogP contribution in [0.4, 0.5) is 5.82 Å². The standard InChI is InChI=1S/C52H83N3O19P2/c1-3-5-7-8-9-10-11-12-13-14-15-16-17-18-19-20-22-28-48(61)72-40-35-69-47(60)27-24-23-26-39(57)33-42-44(59)34-43(58)41(30-29-38(56)25-21-6-4-2)49(62)50(63)45(37-71-76(67,68)74-75(65,66)70-36-40)73-51(42)55-32-31-46(53)54-52(55)64/h9-10,12-13,15-16,18-19,29-32,38,40-45,49-51,56,58-59,62-63H,3-8,11,14,17,20-28,33-37H2,1-2H3,(H,65,66)(H,67,68)(H2,53,54,64)/b10-9-,13-12-,16-15-,19-18-,30-29+/t38-,40+,41-,42-,43+,44-,45+,49-,50+,51+/m0/s1. The molecule has 2 bridgehead atoms. The Morgan fingerprint density at radius 3 is 2.07 bits per heavy atom. The van der Waals surface area contributed by atoms with Gasteiger partial charge in [-0.2, -0.15) is 9.29 Å². The van der Waals surface area contributed by atoms with Crippen LogP contribution in [0.2, 0.25) is 0 Å². The number of nitrogens with two attached hydrogens (primary N) is 1. The topological polar surface area (TPSA) is 343 Å². The lowest BCUT2D eigenvalue weighted by molar-refractivity contribution is -0.196. The zero-order valence-electron chi connectivity index (χ0n) is 43.9. The fourth-order valence-electron chi connectivity index (χ4n) is 8.29. The van der Waals surface area contributed by atoms with E-state index in [1.165, 1.54) is 37.5 Å². The zero-order chi connectivity index (χ0) is 55.9. The van der Waals surface area contributed by atoms with Crippen LogP contribution < -0.4 is 11.4 Å². The van der Waals surface area contributed by atoms with Crippen LogP contribution in [0, 0.1) is 11.8 Å². The normalized spacial score (nSPS) is 30.0. The van der Waals surface area contributed by atoms with Gasteiger partial charge in [0, 0.05) is 50.1 Å². The summed E-state index contributed by atoms with van der Waals surface area (Å²) in [6.07, 6.45) is 15.3. The lowest BCUT2D eigenvalue weighted by Gasteiger charge is -2.40. The number of hydrogen-bond donors (Lipinski definition) is 8. The molecule has 2 saturated heterocycles. The van der Waals surface area contributed by atoms with Gasteiger partial charge in [0.05, 0.1) is 37.6 Å². The van der Waals surface area contributed by atoms with Gasteiger partial charge < -0.3 is 55.3 Å². The summed E-state index contributed by atoms with van der Waals surface area (Å²) in [5.41, 5.74) is 4.66. The molecule has 1 aromatic rings. The van der Waals surface area contributed by atoms with Crippen LogP contribution in [-0.2, 0) is 51.1 Å². The number of anilines is 1. The van der Waals surface area contributed by atoms with Crippen molar-refractivity contribution < 1.29 is 86.4 Å². The number of ketones is 1. The molecule has 76 heavy (non-hydrogen) atoms. The van der Waals surface area contributed by atoms with Gasteiger partial charge in [-0.05, 0) is 70.3 Å². The Morgan fingerprint density at radius 1 is 0.816 bits per heavy atom. The molecular formula is C52H83N3O19P2. The van der Waals surface area contributed by atoms with Crippen LogP contribution in [0.25, 0.3) is 0 Å². The minimum absolute atomic E-state index is 0.101. The Hall–Kier alpha value is -3.99. The van der Waals surface area contributed by atoms with Crippen LogP contribution >= 0.6 is 15.6 Å². The molecule has 9 N–H and O–H groups in total. The fraction of sp³-hybridized carbons (Fsp3) is 0.673. The molecule has 3 heterocycles. The number of hydrogen-bond acceptors (Lipinski definition) is 19. The molecule has 0 aliphatic carbocycles. The van der Waals surface area contributed by atoms with E-state index in [9.17, 15) is 63.6 Å². The van der Waals surface area contributed by atoms with Crippen molar-refractivity contribution in [3.8, 4) is 0 Å². The van der Waals surface area contributed by atoms with Gasteiger partial charge in [0.1, 0.15) is 36.6 Å². The molecule has 0 radical (unpaired) electrons. The lowest BCUT2D eigenvalue weighted by Crippen LogP contribution is -2.52. The number of aromatic nitrogens is 2. The first-order valence-electron chi connectivity index (χ1n) is 26.5. The predicted octanol–water partition coefficient (Wildman–Crippen LogP) is 6.67. The number of allylic oxidation sites excluding steroid dienone is 8. The Balaban J connectivity index is 1.82. The lowest BCUT2D eigenvalue weighted by atomic mass is 9.82. The number of nitrogens with zero attached hydrogens (tertiary/aromatic N) is 2. The summed E-state index contributed by atoms with van der Waals surface area (Å²) < 4.78 is 58.7. The average molecular weight is 1120 g/mol. The first-order valence-corrected chi connectivity index (χ1v) is 29.5. The number of nitrogen functional groups attached to an aromatic ring is 1. The second-order valence-electron chi connectivity index (χ2n) is 19.0. The largest absolute Gasteiger partial charge is 0.481 e. The van der Waals surface area contributed by atoms with E-state index in [-0.39, 0.29) is 37.9 Å². The number of phosphoric ester groups is 2. The van der Waals surface area contributed by atoms with Crippen LogP contribution in [-0.4, -0.2) is 125 Å². The van der Waals surface area contributed by atoms with Crippen molar-refractivity contribution in [2.75, 3.05) is 25.6 Å². The third-order valence-corrected chi connectivity index (χ3v) is 15.1. The molecule has 0 aromatic carbocycles. The van der Waals surface area contributed by atoms with Gasteiger partial charge in [0.15, 0.2) is 6.10 Å². The molecule has 0 amide bonds. The fourth-order valence-corrected chi connectivity index (χ4v) is 10.4. The Morgan fingerprint density at radius 2 is 1.42 bits per heavy atom. The molecule has 22 nitrogen and oxygen atoms in total. The molecule has 1 aromatic heterocycles. The summed E-state index contributed by atoms with van der Waals surface area (Å²) in [7, 11) is -11.4. The monoisotopic (exact) mass is 1120 g/mol. The number of phosphoric acid groups is 2. The van der Waals surface area contributed by atoms with Crippen LogP contribution in [0.1, 0.15) is 148 Å². The molecule has 24 heteroatoms. The molecule has 2 aliphatic heterocycles. The first-order chi connectivity index (χ1) is 36.3. The van der Waals surface area contributed by atoms with E-state index < -0.39 is 133 Å². The van der Waals surface area contributed by atoms with E-state index in [1.54, 1.807) is 0 Å². The number of carbonyl (C=O) groups is 3. The summed E-state index contributed by atoms with van der Waals surface area (Å²) in [5.74, 6) is -5.28. The molecule has 2 fully saturated rings. The molecule has 430 valence electrons. The molecule has 0 spiro atoms. The van der Waals surface area contributed by atoms with Crippen molar-refractivity contribution in [2.45, 2.75) is 191 Å². The third kappa shape index (κ3) is 26.6. The van der Waals surface area contributed by atoms with Crippen molar-refractivity contribution in [1.29, 1.82) is 0 Å². The minimum atomic E-state index is -5.78. The second kappa shape index (κ2) is 36.2. The van der Waals surface area contributed by atoms with E-state index in [4.69, 9.17) is 29.0 Å². The van der Waals surface area contributed by atoms with E-state index >= 15 is 0 Å². The number of aliphatic hydroxyl groups is 5. The van der Waals surface area contributed by atoms with Crippen LogP contribution in [0.15, 0.2) is 77.8 Å². The Kier molecular flexibility index (Phi) is 31.6. The summed E-state index contributed by atoms with van der Waals surface area (Å²) in [5, 5.41) is 57.5. The zero-order valence-corrected chi connectivity index (χ0v) is 45.6. The maximum atomic E-state index is 13.7. The highest BCUT2D eigenvalue weighted by Gasteiger charge is 2.45. The molecular weight excluding hydrogens is 1030 g/mol. The van der Waals surface area contributed by atoms with Gasteiger partial charge in [-0.1, -0.05) is 107 Å². The number of ether oxygens (including phenoxy) is 3. The number of aliphatic hydroxyl groups excluding tert-OH is 5. The van der Waals surface area contributed by atoms with Crippen LogP contribution in [0.5, 0.6) is 0 Å². The number of esters is 2. The van der Waals surface area contributed by atoms with Gasteiger partial charge >= 0.3 is 33.3 Å². The van der Waals surface area contributed by atoms with Crippen molar-refractivity contribution in [1.82, 2.24) is 9.55 Å². The van der Waals surface area contributed by atoms with Gasteiger partial charge in [-0.3, -0.25) is 28.0 Å². The average Bonchev–Trinajstić information content (AvgIpc) is 3.35. The summed E-state index contributed by atoms with van der Waals surface area (Å²) >= 11 is 0. The van der Waals surface area contributed by atoms with Gasteiger partial charge in [0.25, 0.3) is 0 Å². The molecule has 2 aliphatic rings. The Labute approximate surface area is 445 Å². The molecule has 0 saturated carbocycles. The van der Waals surface area contributed by atoms with Crippen LogP contribution in [0.3, 0.4) is 0 Å². The van der Waals surface area contributed by atoms with Gasteiger partial charge in [-0.25, -0.2) is 13.9 Å². The highest BCUT2D eigenvalue weighted by atomic mass is 31.3. The van der Waals surface area contributed by atoms with E-state index in [1.807, 2.05) is 25.2 Å². The smallest absolute Gasteiger partial charge is 0.462 e. The van der Waals surface area contributed by atoms with E-state index in [0.29, 0.717) is 32.1 Å². The maximum Gasteiger partial charge on any atom is 0.481 e. The summed E-state index contributed by atoms with van der Waals surface area (Å²) in [4.78, 5) is 78.0. The number of cyclic esters (lactones) is 1. The minimum Gasteiger partial charge on any atom is -0.462 e. The number of Topliss-reactive ketones (excluding diaryl/α,β-unsaturated/α-hetero) is 1. The highest BCUT2D eigenvalue weighted by Crippen LogP contribution is 2.60. The van der Waals surface area contributed by atoms with Gasteiger partial charge in [-0.15, -0.1) is 0 Å². The van der Waals surface area contributed by atoms with Crippen molar-refractivity contribution >= 4 is 39.2 Å². The molecule has 2 unspecified atom stereocenters. The quantitative estimate of drug-likeness (QED) is 0.0260. The SMILES string of the molecule is CCCCC/C=C\C/C=C\C/C=C\C/C=C\CCCC(=O)O[C@@H]1COC(=O)CCCCC(=O)C[C@@H]2[C@H](n3ccc(N)nc3=O)O[C@H](COP(=O)(O)OP(=O)(O)OC1)[C@@H](O)[C@@H](O)[C@@H](/C=C/[C@@H](O)CCCCC)[C@H](O)C[C@@H]2O. The Bertz CT molecular complexity index is 2200. The van der Waals surface area contributed by atoms with E-state index in [2.05, 4.69) is 46.6 Å². The molecule has 12 atom stereocenters. The number of fused-ring (bicyclic) bond motifs is 3.